The minimum absolute atomic E-state index is 0.361. The molecule has 144 valence electrons. The van der Waals surface area contributed by atoms with Crippen molar-refractivity contribution in [3.8, 4) is 0 Å². The lowest BCUT2D eigenvalue weighted by molar-refractivity contribution is 0.485. The molecule has 0 aliphatic rings. The molecule has 3 heteroatoms. The van der Waals surface area contributed by atoms with Crippen LogP contribution in [0.1, 0.15) is 33.4 Å². The maximum absolute atomic E-state index is 11.9. The smallest absolute Gasteiger partial charge is 0.115 e. The average molecular weight is 405 g/mol. The number of rotatable bonds is 1. The maximum Gasteiger partial charge on any atom is 0.115 e. The molecular formula is C24H27Cl2F. The minimum Gasteiger partial charge on any atom is -0.246 e. The third-order valence-electron chi connectivity index (χ3n) is 3.93. The van der Waals surface area contributed by atoms with Crippen LogP contribution < -0.4 is 0 Å². The van der Waals surface area contributed by atoms with Gasteiger partial charge in [0, 0.05) is 10.0 Å². The van der Waals surface area contributed by atoms with Crippen LogP contribution in [-0.4, -0.2) is 0 Å². The SMILES string of the molecule is Cc1cc(Cl)c(C)cc1Cl.Cc1ccc(C)cc1.Cc1ccc(CF)cc1. The summed E-state index contributed by atoms with van der Waals surface area (Å²) in [6.45, 7) is 9.70. The first-order chi connectivity index (χ1) is 12.7. The van der Waals surface area contributed by atoms with Gasteiger partial charge in [-0.15, -0.1) is 0 Å². The van der Waals surface area contributed by atoms with E-state index in [4.69, 9.17) is 23.2 Å². The summed E-state index contributed by atoms with van der Waals surface area (Å²) in [6.07, 6.45) is 0. The fourth-order valence-corrected chi connectivity index (χ4v) is 2.50. The number of halogens is 3. The van der Waals surface area contributed by atoms with E-state index < -0.39 is 0 Å². The van der Waals surface area contributed by atoms with E-state index in [1.54, 1.807) is 12.1 Å². The van der Waals surface area contributed by atoms with Crippen LogP contribution in [0, 0.1) is 34.6 Å². The lowest BCUT2D eigenvalue weighted by Crippen LogP contribution is -1.79. The van der Waals surface area contributed by atoms with Gasteiger partial charge in [0.15, 0.2) is 0 Å². The van der Waals surface area contributed by atoms with Gasteiger partial charge < -0.3 is 0 Å². The number of hydrogen-bond acceptors (Lipinski definition) is 0. The summed E-state index contributed by atoms with van der Waals surface area (Å²) in [7, 11) is 0. The van der Waals surface area contributed by atoms with E-state index in [1.165, 1.54) is 16.7 Å². The highest BCUT2D eigenvalue weighted by atomic mass is 35.5. The topological polar surface area (TPSA) is 0 Å². The van der Waals surface area contributed by atoms with E-state index in [1.807, 2.05) is 45.0 Å². The Kier molecular flexibility index (Phi) is 10.1. The van der Waals surface area contributed by atoms with Gasteiger partial charge in [0.1, 0.15) is 6.67 Å². The molecule has 0 aliphatic heterocycles. The molecule has 0 aliphatic carbocycles. The highest BCUT2D eigenvalue weighted by Gasteiger charge is 1.98. The van der Waals surface area contributed by atoms with E-state index in [-0.39, 0.29) is 6.67 Å². The van der Waals surface area contributed by atoms with Gasteiger partial charge in [-0.05, 0) is 63.4 Å². The zero-order chi connectivity index (χ0) is 20.4. The summed E-state index contributed by atoms with van der Waals surface area (Å²) in [5, 5.41) is 1.56. The van der Waals surface area contributed by atoms with Crippen LogP contribution in [0.25, 0.3) is 0 Å². The monoisotopic (exact) mass is 404 g/mol. The lowest BCUT2D eigenvalue weighted by Gasteiger charge is -2.00. The molecule has 0 saturated heterocycles. The molecular weight excluding hydrogens is 378 g/mol. The predicted octanol–water partition coefficient (Wildman–Crippen LogP) is 8.38. The summed E-state index contributed by atoms with van der Waals surface area (Å²) in [5.41, 5.74) is 6.63. The first-order valence-corrected chi connectivity index (χ1v) is 9.55. The first kappa shape index (κ1) is 23.2. The van der Waals surface area contributed by atoms with E-state index in [9.17, 15) is 4.39 Å². The molecule has 3 rings (SSSR count). The fraction of sp³-hybridized carbons (Fsp3) is 0.250. The van der Waals surface area contributed by atoms with Gasteiger partial charge in [-0.3, -0.25) is 0 Å². The molecule has 0 radical (unpaired) electrons. The van der Waals surface area contributed by atoms with E-state index in [0.717, 1.165) is 26.7 Å². The Morgan fingerprint density at radius 3 is 1.19 bits per heavy atom. The zero-order valence-electron chi connectivity index (χ0n) is 16.6. The van der Waals surface area contributed by atoms with Crippen LogP contribution in [0.4, 0.5) is 4.39 Å². The summed E-state index contributed by atoms with van der Waals surface area (Å²) < 4.78 is 11.9. The van der Waals surface area contributed by atoms with Crippen LogP contribution in [-0.2, 0) is 6.67 Å². The molecule has 0 heterocycles. The largest absolute Gasteiger partial charge is 0.246 e. The van der Waals surface area contributed by atoms with Gasteiger partial charge in [0.25, 0.3) is 0 Å². The van der Waals surface area contributed by atoms with Crippen molar-refractivity contribution in [2.75, 3.05) is 0 Å². The van der Waals surface area contributed by atoms with Gasteiger partial charge in [0.05, 0.1) is 0 Å². The Labute approximate surface area is 173 Å². The van der Waals surface area contributed by atoms with Crippen molar-refractivity contribution in [2.45, 2.75) is 41.3 Å². The molecule has 0 saturated carbocycles. The standard InChI is InChI=1S/C8H8Cl2.C8H9F.C8H10/c1-5-3-8(10)6(2)4-7(5)9;1-7-2-4-8(6-9)5-3-7;1-7-3-5-8(2)6-4-7/h3-4H,1-2H3;2-5H,6H2,1H3;3-6H,1-2H3. The summed E-state index contributed by atoms with van der Waals surface area (Å²) in [5.74, 6) is 0. The van der Waals surface area contributed by atoms with Crippen LogP contribution in [0.15, 0.2) is 60.7 Å². The van der Waals surface area contributed by atoms with Crippen molar-refractivity contribution in [2.24, 2.45) is 0 Å². The Bertz CT molecular complexity index is 751. The quantitative estimate of drug-likeness (QED) is 0.381. The molecule has 0 aromatic heterocycles. The Morgan fingerprint density at radius 1 is 0.593 bits per heavy atom. The molecule has 0 unspecified atom stereocenters. The van der Waals surface area contributed by atoms with E-state index >= 15 is 0 Å². The molecule has 0 bridgehead atoms. The van der Waals surface area contributed by atoms with E-state index in [2.05, 4.69) is 38.1 Å². The van der Waals surface area contributed by atoms with Gasteiger partial charge in [-0.2, -0.15) is 0 Å². The molecule has 0 nitrogen and oxygen atoms in total. The van der Waals surface area contributed by atoms with Crippen LogP contribution in [0.5, 0.6) is 0 Å². The Morgan fingerprint density at radius 2 is 0.889 bits per heavy atom. The van der Waals surface area contributed by atoms with Crippen molar-refractivity contribution in [3.63, 3.8) is 0 Å². The van der Waals surface area contributed by atoms with Crippen molar-refractivity contribution in [1.82, 2.24) is 0 Å². The van der Waals surface area contributed by atoms with Gasteiger partial charge in [-0.25, -0.2) is 4.39 Å². The van der Waals surface area contributed by atoms with Crippen molar-refractivity contribution in [1.29, 1.82) is 0 Å². The molecule has 27 heavy (non-hydrogen) atoms. The Balaban J connectivity index is 0.000000204. The van der Waals surface area contributed by atoms with Gasteiger partial charge in [-0.1, -0.05) is 88.4 Å². The van der Waals surface area contributed by atoms with Gasteiger partial charge in [0.2, 0.25) is 0 Å². The fourth-order valence-electron chi connectivity index (χ4n) is 2.06. The molecule has 0 N–H and O–H groups in total. The molecule has 0 fully saturated rings. The van der Waals surface area contributed by atoms with Crippen LogP contribution >= 0.6 is 23.2 Å². The number of hydrogen-bond donors (Lipinski definition) is 0. The van der Waals surface area contributed by atoms with E-state index in [0.29, 0.717) is 0 Å². The van der Waals surface area contributed by atoms with Crippen molar-refractivity contribution < 1.29 is 4.39 Å². The van der Waals surface area contributed by atoms with Crippen LogP contribution in [0.2, 0.25) is 10.0 Å². The lowest BCUT2D eigenvalue weighted by atomic mass is 10.2. The Hall–Kier alpha value is -1.83. The summed E-state index contributed by atoms with van der Waals surface area (Å²) >= 11 is 11.7. The average Bonchev–Trinajstić information content (AvgIpc) is 2.64. The molecule has 0 spiro atoms. The number of benzene rings is 3. The van der Waals surface area contributed by atoms with Gasteiger partial charge >= 0.3 is 0 Å². The number of alkyl halides is 1. The zero-order valence-corrected chi connectivity index (χ0v) is 18.1. The second-order valence-corrected chi connectivity index (χ2v) is 7.44. The first-order valence-electron chi connectivity index (χ1n) is 8.80. The maximum atomic E-state index is 11.9. The highest BCUT2D eigenvalue weighted by molar-refractivity contribution is 6.34. The normalized spacial score (nSPS) is 9.63. The van der Waals surface area contributed by atoms with Crippen molar-refractivity contribution >= 4 is 23.2 Å². The predicted molar refractivity (Wildman–Crippen MR) is 118 cm³/mol. The highest BCUT2D eigenvalue weighted by Crippen LogP contribution is 2.23. The van der Waals surface area contributed by atoms with Crippen LogP contribution in [0.3, 0.4) is 0 Å². The molecule has 0 atom stereocenters. The third-order valence-corrected chi connectivity index (χ3v) is 4.75. The minimum atomic E-state index is -0.361. The molecule has 3 aromatic rings. The third kappa shape index (κ3) is 9.08. The molecule has 3 aromatic carbocycles. The number of aryl methyl sites for hydroxylation is 5. The summed E-state index contributed by atoms with van der Waals surface area (Å²) in [6, 6.07) is 19.7. The summed E-state index contributed by atoms with van der Waals surface area (Å²) in [4.78, 5) is 0. The second kappa shape index (κ2) is 11.8. The van der Waals surface area contributed by atoms with Crippen molar-refractivity contribution in [3.05, 3.63) is 104 Å². The molecule has 0 amide bonds. The second-order valence-electron chi connectivity index (χ2n) is 6.62.